The van der Waals surface area contributed by atoms with E-state index in [2.05, 4.69) is 40.3 Å². The van der Waals surface area contributed by atoms with E-state index in [-0.39, 0.29) is 24.7 Å². The fourth-order valence-electron chi connectivity index (χ4n) is 3.43. The third-order valence-electron chi connectivity index (χ3n) is 5.19. The minimum atomic E-state index is -1.15. The molecule has 0 spiro atoms. The Morgan fingerprint density at radius 2 is 2.07 bits per heavy atom. The molecule has 1 aliphatic rings. The number of aromatic nitrogens is 4. The number of benzene rings is 1. The van der Waals surface area contributed by atoms with Crippen molar-refractivity contribution in [1.82, 2.24) is 25.5 Å². The van der Waals surface area contributed by atoms with Gasteiger partial charge in [0.05, 0.1) is 12.6 Å². The van der Waals surface area contributed by atoms with Gasteiger partial charge >= 0.3 is 6.09 Å². The molecule has 2 aromatic rings. The molecule has 0 aliphatic carbocycles. The first kappa shape index (κ1) is 21.4. The molecule has 29 heavy (non-hydrogen) atoms. The van der Waals surface area contributed by atoms with Crippen molar-refractivity contribution in [3.63, 3.8) is 0 Å². The summed E-state index contributed by atoms with van der Waals surface area (Å²) in [6, 6.07) is 10.8. The second-order valence-corrected chi connectivity index (χ2v) is 14.4. The largest absolute Gasteiger partial charge is 0.445 e. The Hall–Kier alpha value is -2.26. The molecule has 2 atom stereocenters. The van der Waals surface area contributed by atoms with Crippen LogP contribution in [0, 0.1) is 0 Å². The van der Waals surface area contributed by atoms with Crippen molar-refractivity contribution in [2.24, 2.45) is 0 Å². The predicted octanol–water partition coefficient (Wildman–Crippen LogP) is 3.44. The molecule has 1 aromatic carbocycles. The summed E-state index contributed by atoms with van der Waals surface area (Å²) in [5.74, 6) is 0.868. The van der Waals surface area contributed by atoms with E-state index in [0.29, 0.717) is 19.0 Å². The van der Waals surface area contributed by atoms with E-state index in [9.17, 15) is 4.79 Å². The topological polar surface area (TPSA) is 93.2 Å². The molecular formula is C20H31N5O3Si. The van der Waals surface area contributed by atoms with E-state index in [1.165, 1.54) is 0 Å². The zero-order valence-corrected chi connectivity index (χ0v) is 18.5. The van der Waals surface area contributed by atoms with Gasteiger partial charge in [-0.3, -0.25) is 0 Å². The van der Waals surface area contributed by atoms with Crippen LogP contribution in [0.3, 0.4) is 0 Å². The summed E-state index contributed by atoms with van der Waals surface area (Å²) in [4.78, 5) is 14.6. The lowest BCUT2D eigenvalue weighted by Crippen LogP contribution is -2.48. The number of hydrogen-bond acceptors (Lipinski definition) is 6. The van der Waals surface area contributed by atoms with Gasteiger partial charge < -0.3 is 14.4 Å². The molecule has 8 nitrogen and oxygen atoms in total. The molecule has 3 rings (SSSR count). The van der Waals surface area contributed by atoms with Gasteiger partial charge in [0.1, 0.15) is 6.61 Å². The second kappa shape index (κ2) is 9.97. The number of carbonyl (C=O) groups excluding carboxylic acids is 1. The molecule has 1 N–H and O–H groups in total. The number of ether oxygens (including phenoxy) is 2. The first-order valence-corrected chi connectivity index (χ1v) is 13.9. The van der Waals surface area contributed by atoms with Crippen LogP contribution >= 0.6 is 0 Å². The van der Waals surface area contributed by atoms with E-state index < -0.39 is 8.07 Å². The van der Waals surface area contributed by atoms with E-state index in [1.807, 2.05) is 30.3 Å². The number of piperidine rings is 1. The van der Waals surface area contributed by atoms with Crippen LogP contribution in [-0.2, 0) is 16.1 Å². The number of nitrogens with zero attached hydrogens (tertiary/aromatic N) is 4. The summed E-state index contributed by atoms with van der Waals surface area (Å²) < 4.78 is 11.6. The Bertz CT molecular complexity index is 751. The summed E-state index contributed by atoms with van der Waals surface area (Å²) in [6.45, 7) is 9.08. The maximum Gasteiger partial charge on any atom is 0.410 e. The van der Waals surface area contributed by atoms with Gasteiger partial charge in [0.25, 0.3) is 0 Å². The second-order valence-electron chi connectivity index (χ2n) is 8.76. The summed E-state index contributed by atoms with van der Waals surface area (Å²) in [5, 5.41) is 14.5. The van der Waals surface area contributed by atoms with E-state index in [4.69, 9.17) is 9.47 Å². The Balaban J connectivity index is 1.59. The molecule has 1 saturated heterocycles. The Morgan fingerprint density at radius 1 is 1.28 bits per heavy atom. The Morgan fingerprint density at radius 3 is 2.76 bits per heavy atom. The van der Waals surface area contributed by atoms with Crippen molar-refractivity contribution in [3.05, 3.63) is 41.7 Å². The summed E-state index contributed by atoms with van der Waals surface area (Å²) in [5.41, 5.74) is 0.977. The lowest BCUT2D eigenvalue weighted by Gasteiger charge is -2.37. The van der Waals surface area contributed by atoms with Gasteiger partial charge in [-0.05, 0) is 24.4 Å². The molecule has 158 valence electrons. The number of H-pyrrole nitrogens is 1. The van der Waals surface area contributed by atoms with Crippen LogP contribution in [-0.4, -0.2) is 65.5 Å². The van der Waals surface area contributed by atoms with Crippen LogP contribution in [0.5, 0.6) is 0 Å². The van der Waals surface area contributed by atoms with Gasteiger partial charge in [-0.1, -0.05) is 55.2 Å². The highest BCUT2D eigenvalue weighted by Gasteiger charge is 2.35. The number of likely N-dealkylation sites (tertiary alicyclic amines) is 1. The minimum absolute atomic E-state index is 0.0582. The SMILES string of the molecule is C[Si](C)(C)CCOC[C@@H]1C[C@@H](c2nn[nH]n2)CCN1C(=O)OCc1ccccc1. The van der Waals surface area contributed by atoms with Gasteiger partial charge in [-0.15, -0.1) is 10.2 Å². The number of aromatic amines is 1. The van der Waals surface area contributed by atoms with Gasteiger partial charge in [-0.2, -0.15) is 5.21 Å². The molecule has 0 radical (unpaired) electrons. The van der Waals surface area contributed by atoms with Crippen LogP contribution in [0.25, 0.3) is 0 Å². The molecule has 9 heteroatoms. The van der Waals surface area contributed by atoms with Crippen molar-refractivity contribution in [3.8, 4) is 0 Å². The van der Waals surface area contributed by atoms with E-state index in [0.717, 1.165) is 31.1 Å². The number of rotatable bonds is 8. The molecule has 1 amide bonds. The lowest BCUT2D eigenvalue weighted by atomic mass is 9.91. The molecule has 0 unspecified atom stereocenters. The minimum Gasteiger partial charge on any atom is -0.445 e. The number of nitrogens with one attached hydrogen (secondary N) is 1. The highest BCUT2D eigenvalue weighted by atomic mass is 28.3. The van der Waals surface area contributed by atoms with Crippen molar-refractivity contribution < 1.29 is 14.3 Å². The van der Waals surface area contributed by atoms with Crippen molar-refractivity contribution >= 4 is 14.2 Å². The average Bonchev–Trinajstić information content (AvgIpc) is 3.24. The van der Waals surface area contributed by atoms with Crippen molar-refractivity contribution in [1.29, 1.82) is 0 Å². The molecule has 0 bridgehead atoms. The van der Waals surface area contributed by atoms with Gasteiger partial charge in [0, 0.05) is 27.1 Å². The summed E-state index contributed by atoms with van der Waals surface area (Å²) >= 11 is 0. The standard InChI is InChI=1S/C20H31N5O3Si/c1-29(2,3)12-11-27-15-18-13-17(19-21-23-24-22-19)9-10-25(18)20(26)28-14-16-7-5-4-6-8-16/h4-8,17-18H,9-15H2,1-3H3,(H,21,22,23,24)/t17-,18-/m0/s1. The monoisotopic (exact) mass is 417 g/mol. The third-order valence-corrected chi connectivity index (χ3v) is 6.89. The van der Waals surface area contributed by atoms with Crippen LogP contribution in [0.1, 0.15) is 30.1 Å². The van der Waals surface area contributed by atoms with Crippen molar-refractivity contribution in [2.75, 3.05) is 19.8 Å². The number of carbonyl (C=O) groups is 1. The molecular weight excluding hydrogens is 386 g/mol. The van der Waals surface area contributed by atoms with Crippen molar-refractivity contribution in [2.45, 2.75) is 57.1 Å². The average molecular weight is 418 g/mol. The van der Waals surface area contributed by atoms with Crippen LogP contribution in [0.4, 0.5) is 4.79 Å². The lowest BCUT2D eigenvalue weighted by molar-refractivity contribution is 0.0241. The number of hydrogen-bond donors (Lipinski definition) is 1. The maximum absolute atomic E-state index is 12.8. The molecule has 1 aliphatic heterocycles. The Kier molecular flexibility index (Phi) is 7.38. The maximum atomic E-state index is 12.8. The smallest absolute Gasteiger partial charge is 0.410 e. The predicted molar refractivity (Wildman–Crippen MR) is 112 cm³/mol. The molecule has 0 saturated carbocycles. The zero-order valence-electron chi connectivity index (χ0n) is 17.5. The summed E-state index contributed by atoms with van der Waals surface area (Å²) in [6.07, 6.45) is 1.23. The number of tetrazole rings is 1. The van der Waals surface area contributed by atoms with Gasteiger partial charge in [0.2, 0.25) is 0 Å². The zero-order chi connectivity index (χ0) is 20.7. The van der Waals surface area contributed by atoms with Crippen LogP contribution in [0.15, 0.2) is 30.3 Å². The van der Waals surface area contributed by atoms with Gasteiger partial charge in [-0.25, -0.2) is 4.79 Å². The first-order chi connectivity index (χ1) is 13.9. The van der Waals surface area contributed by atoms with E-state index >= 15 is 0 Å². The quantitative estimate of drug-likeness (QED) is 0.522. The number of amides is 1. The van der Waals surface area contributed by atoms with Crippen LogP contribution in [0.2, 0.25) is 25.7 Å². The fourth-order valence-corrected chi connectivity index (χ4v) is 4.18. The summed E-state index contributed by atoms with van der Waals surface area (Å²) in [7, 11) is -1.15. The highest BCUT2D eigenvalue weighted by Crippen LogP contribution is 2.30. The highest BCUT2D eigenvalue weighted by molar-refractivity contribution is 6.76. The third kappa shape index (κ3) is 6.64. The molecule has 1 aromatic heterocycles. The normalized spacial score (nSPS) is 19.9. The molecule has 2 heterocycles. The van der Waals surface area contributed by atoms with Crippen LogP contribution < -0.4 is 0 Å². The molecule has 1 fully saturated rings. The fraction of sp³-hybridized carbons (Fsp3) is 0.600. The van der Waals surface area contributed by atoms with E-state index in [1.54, 1.807) is 4.90 Å². The Labute approximate surface area is 173 Å². The van der Waals surface area contributed by atoms with Gasteiger partial charge in [0.15, 0.2) is 5.82 Å². The first-order valence-electron chi connectivity index (χ1n) is 10.2.